The van der Waals surface area contributed by atoms with E-state index in [1.165, 1.54) is 0 Å². The van der Waals surface area contributed by atoms with E-state index in [0.29, 0.717) is 11.3 Å². The lowest BCUT2D eigenvalue weighted by molar-refractivity contribution is -0.625. The summed E-state index contributed by atoms with van der Waals surface area (Å²) in [5.41, 5.74) is 3.51. The molecule has 2 N–H and O–H groups in total. The number of carbonyl (C=O) groups is 1. The smallest absolute Gasteiger partial charge is 0.339 e. The summed E-state index contributed by atoms with van der Waals surface area (Å²) >= 11 is 1.60. The summed E-state index contributed by atoms with van der Waals surface area (Å²) in [6, 6.07) is 15.4. The topological polar surface area (TPSA) is 53.2 Å². The second-order valence-corrected chi connectivity index (χ2v) is 7.42. The lowest BCUT2D eigenvalue weighted by atomic mass is 10.0. The molecule has 5 heteroatoms. The zero-order valence-electron chi connectivity index (χ0n) is 14.8. The number of aromatic nitrogens is 1. The van der Waals surface area contributed by atoms with Gasteiger partial charge in [0, 0.05) is 21.9 Å². The van der Waals surface area contributed by atoms with E-state index in [0.717, 1.165) is 37.4 Å². The largest absolute Gasteiger partial charge is 0.507 e. The van der Waals surface area contributed by atoms with E-state index in [-0.39, 0.29) is 5.78 Å². The fraction of sp³-hybridized carbons (Fsp3) is 0.143. The number of phenolic OH excluding ortho intramolecular Hbond substituents is 1. The predicted octanol–water partition coefficient (Wildman–Crippen LogP) is 4.84. The van der Waals surface area contributed by atoms with Crippen LogP contribution in [0.5, 0.6) is 5.75 Å². The molecule has 0 spiro atoms. The summed E-state index contributed by atoms with van der Waals surface area (Å²) in [7, 11) is 2.01. The van der Waals surface area contributed by atoms with Crippen LogP contribution >= 0.6 is 11.3 Å². The van der Waals surface area contributed by atoms with Crippen LogP contribution in [0.3, 0.4) is 0 Å². The van der Waals surface area contributed by atoms with Crippen molar-refractivity contribution in [3.05, 3.63) is 59.7 Å². The molecule has 4 aromatic rings. The SMILES string of the molecule is CC(=O)c1cccc(Nc2sc3c(C)c(O)c4ccccc4c3[n+]2C)c1. The predicted molar refractivity (Wildman–Crippen MR) is 107 cm³/mol. The number of thiazole rings is 1. The number of rotatable bonds is 3. The Bertz CT molecular complexity index is 1180. The Morgan fingerprint density at radius 2 is 1.85 bits per heavy atom. The number of nitrogens with zero attached hydrogens (tertiary/aromatic N) is 1. The minimum Gasteiger partial charge on any atom is -0.507 e. The quantitative estimate of drug-likeness (QED) is 0.404. The van der Waals surface area contributed by atoms with E-state index >= 15 is 0 Å². The molecular weight excluding hydrogens is 344 g/mol. The minimum atomic E-state index is 0.0427. The lowest BCUT2D eigenvalue weighted by Crippen LogP contribution is -2.29. The van der Waals surface area contributed by atoms with Crippen LogP contribution < -0.4 is 9.88 Å². The van der Waals surface area contributed by atoms with Gasteiger partial charge in [-0.2, -0.15) is 0 Å². The highest BCUT2D eigenvalue weighted by Gasteiger charge is 2.22. The maximum atomic E-state index is 11.6. The van der Waals surface area contributed by atoms with Gasteiger partial charge in [-0.1, -0.05) is 30.3 Å². The minimum absolute atomic E-state index is 0.0427. The molecule has 0 fully saturated rings. The van der Waals surface area contributed by atoms with Crippen molar-refractivity contribution >= 4 is 48.9 Å². The van der Waals surface area contributed by atoms with Crippen LogP contribution in [0.25, 0.3) is 21.0 Å². The number of hydrogen-bond acceptors (Lipinski definition) is 4. The molecule has 26 heavy (non-hydrogen) atoms. The van der Waals surface area contributed by atoms with E-state index < -0.39 is 0 Å². The zero-order valence-corrected chi connectivity index (χ0v) is 15.6. The molecule has 0 unspecified atom stereocenters. The van der Waals surface area contributed by atoms with Gasteiger partial charge in [-0.15, -0.1) is 0 Å². The summed E-state index contributed by atoms with van der Waals surface area (Å²) in [6.45, 7) is 3.51. The summed E-state index contributed by atoms with van der Waals surface area (Å²) in [4.78, 5) is 11.6. The molecule has 3 aromatic carbocycles. The number of hydrogen-bond donors (Lipinski definition) is 2. The van der Waals surface area contributed by atoms with Crippen molar-refractivity contribution in [2.24, 2.45) is 7.05 Å². The number of Topliss-reactive ketones (excluding diaryl/α,β-unsaturated/α-hetero) is 1. The van der Waals surface area contributed by atoms with Crippen molar-refractivity contribution in [1.82, 2.24) is 0 Å². The Labute approximate surface area is 155 Å². The first-order chi connectivity index (χ1) is 12.5. The third kappa shape index (κ3) is 2.52. The molecule has 0 aliphatic carbocycles. The maximum absolute atomic E-state index is 11.6. The van der Waals surface area contributed by atoms with Gasteiger partial charge in [0.05, 0.1) is 11.7 Å². The van der Waals surface area contributed by atoms with Crippen LogP contribution in [0.2, 0.25) is 0 Å². The fourth-order valence-corrected chi connectivity index (χ4v) is 4.46. The zero-order chi connectivity index (χ0) is 18.4. The number of anilines is 2. The molecule has 130 valence electrons. The molecular formula is C21H19N2O2S+. The number of nitrogens with one attached hydrogen (secondary N) is 1. The Morgan fingerprint density at radius 3 is 2.58 bits per heavy atom. The van der Waals surface area contributed by atoms with Gasteiger partial charge in [-0.25, -0.2) is 9.88 Å². The molecule has 4 rings (SSSR count). The van der Waals surface area contributed by atoms with E-state index in [1.807, 2.05) is 62.5 Å². The summed E-state index contributed by atoms with van der Waals surface area (Å²) in [6.07, 6.45) is 0. The summed E-state index contributed by atoms with van der Waals surface area (Å²) < 4.78 is 3.16. The average molecular weight is 363 g/mol. The first-order valence-corrected chi connectivity index (χ1v) is 9.20. The van der Waals surface area contributed by atoms with Crippen molar-refractivity contribution in [3.8, 4) is 5.75 Å². The molecule has 0 bridgehead atoms. The molecule has 0 amide bonds. The van der Waals surface area contributed by atoms with Crippen LogP contribution in [-0.2, 0) is 7.05 Å². The van der Waals surface area contributed by atoms with Crippen molar-refractivity contribution in [2.45, 2.75) is 13.8 Å². The molecule has 1 aromatic heterocycles. The van der Waals surface area contributed by atoms with Gasteiger partial charge >= 0.3 is 5.13 Å². The highest BCUT2D eigenvalue weighted by atomic mass is 32.1. The molecule has 0 saturated heterocycles. The Kier molecular flexibility index (Phi) is 3.89. The van der Waals surface area contributed by atoms with E-state index in [9.17, 15) is 9.90 Å². The summed E-state index contributed by atoms with van der Waals surface area (Å²) in [5.74, 6) is 0.376. The Balaban J connectivity index is 1.91. The second-order valence-electron chi connectivity index (χ2n) is 6.43. The number of fused-ring (bicyclic) bond motifs is 3. The van der Waals surface area contributed by atoms with Crippen LogP contribution in [0.4, 0.5) is 10.8 Å². The fourth-order valence-electron chi connectivity index (χ4n) is 3.28. The van der Waals surface area contributed by atoms with Gasteiger partial charge in [0.2, 0.25) is 0 Å². The lowest BCUT2D eigenvalue weighted by Gasteiger charge is -2.05. The number of benzene rings is 3. The van der Waals surface area contributed by atoms with Crippen molar-refractivity contribution in [1.29, 1.82) is 0 Å². The van der Waals surface area contributed by atoms with Gasteiger partial charge in [-0.3, -0.25) is 4.79 Å². The van der Waals surface area contributed by atoms with E-state index in [1.54, 1.807) is 18.3 Å². The number of aryl methyl sites for hydroxylation is 2. The number of phenols is 1. The van der Waals surface area contributed by atoms with Gasteiger partial charge in [0.25, 0.3) is 0 Å². The van der Waals surface area contributed by atoms with Gasteiger partial charge < -0.3 is 5.11 Å². The van der Waals surface area contributed by atoms with Crippen LogP contribution in [-0.4, -0.2) is 10.9 Å². The number of aromatic hydroxyl groups is 1. The van der Waals surface area contributed by atoms with E-state index in [2.05, 4.69) is 9.88 Å². The van der Waals surface area contributed by atoms with Crippen molar-refractivity contribution < 1.29 is 14.5 Å². The van der Waals surface area contributed by atoms with Crippen molar-refractivity contribution in [3.63, 3.8) is 0 Å². The van der Waals surface area contributed by atoms with Crippen LogP contribution in [0, 0.1) is 6.92 Å². The van der Waals surface area contributed by atoms with E-state index in [4.69, 9.17) is 0 Å². The highest BCUT2D eigenvalue weighted by molar-refractivity contribution is 7.22. The normalized spacial score (nSPS) is 11.2. The number of ketones is 1. The van der Waals surface area contributed by atoms with Gasteiger partial charge in [-0.05, 0) is 43.4 Å². The molecule has 0 atom stereocenters. The maximum Gasteiger partial charge on any atom is 0.339 e. The third-order valence-electron chi connectivity index (χ3n) is 4.71. The van der Waals surface area contributed by atoms with Gasteiger partial charge in [0.15, 0.2) is 11.3 Å². The average Bonchev–Trinajstić information content (AvgIpc) is 2.96. The third-order valence-corrected chi connectivity index (χ3v) is 5.98. The molecule has 0 aliphatic rings. The highest BCUT2D eigenvalue weighted by Crippen LogP contribution is 2.40. The Hall–Kier alpha value is -2.92. The first-order valence-electron chi connectivity index (χ1n) is 8.38. The van der Waals surface area contributed by atoms with Crippen LogP contribution in [0.1, 0.15) is 22.8 Å². The molecule has 4 nitrogen and oxygen atoms in total. The molecule has 1 heterocycles. The van der Waals surface area contributed by atoms with Crippen LogP contribution in [0.15, 0.2) is 48.5 Å². The standard InChI is InChI=1S/C21H18N2O2S/c1-12-19(25)17-10-5-4-9-16(17)18-20(12)26-21(23(18)3)22-15-8-6-7-14(11-15)13(2)24/h4-11,25H,1-3H3/p+1. The summed E-state index contributed by atoms with van der Waals surface area (Å²) in [5, 5.41) is 16.8. The second kappa shape index (κ2) is 6.11. The van der Waals surface area contributed by atoms with Crippen molar-refractivity contribution in [2.75, 3.05) is 5.32 Å². The Morgan fingerprint density at radius 1 is 1.12 bits per heavy atom. The van der Waals surface area contributed by atoms with Gasteiger partial charge in [0.1, 0.15) is 11.4 Å². The monoisotopic (exact) mass is 363 g/mol. The molecule has 0 saturated carbocycles. The molecule has 0 aliphatic heterocycles. The number of carbonyl (C=O) groups excluding carboxylic acids is 1. The molecule has 0 radical (unpaired) electrons. The first kappa shape index (κ1) is 16.5.